The van der Waals surface area contributed by atoms with Gasteiger partial charge in [0, 0.05) is 6.04 Å². The standard InChI is InChI=1S/C13H30N2/c1-4-12(2)13(3)15-11-9-7-5-6-8-10-14/h12-13,15H,4-11,14H2,1-3H3. The third-order valence-electron chi connectivity index (χ3n) is 3.34. The molecule has 0 heterocycles. The van der Waals surface area contributed by atoms with E-state index in [0.29, 0.717) is 6.04 Å². The zero-order chi connectivity index (χ0) is 11.5. The summed E-state index contributed by atoms with van der Waals surface area (Å²) in [5.74, 6) is 0.794. The van der Waals surface area contributed by atoms with Crippen molar-refractivity contribution >= 4 is 0 Å². The van der Waals surface area contributed by atoms with Gasteiger partial charge >= 0.3 is 0 Å². The van der Waals surface area contributed by atoms with Gasteiger partial charge in [-0.15, -0.1) is 0 Å². The Kier molecular flexibility index (Phi) is 10.4. The first kappa shape index (κ1) is 14.9. The van der Waals surface area contributed by atoms with E-state index in [2.05, 4.69) is 26.1 Å². The number of hydrogen-bond acceptors (Lipinski definition) is 2. The number of nitrogens with two attached hydrogens (primary N) is 1. The van der Waals surface area contributed by atoms with E-state index in [1.165, 1.54) is 45.1 Å². The SMILES string of the molecule is CCC(C)C(C)NCCCCCCCN. The maximum atomic E-state index is 5.45. The second kappa shape index (κ2) is 10.4. The first-order chi connectivity index (χ1) is 7.22. The van der Waals surface area contributed by atoms with Crippen LogP contribution in [0.4, 0.5) is 0 Å². The zero-order valence-electron chi connectivity index (χ0n) is 10.9. The van der Waals surface area contributed by atoms with E-state index in [-0.39, 0.29) is 0 Å². The molecule has 0 fully saturated rings. The van der Waals surface area contributed by atoms with Crippen molar-refractivity contribution in [2.24, 2.45) is 11.7 Å². The molecule has 0 saturated carbocycles. The summed E-state index contributed by atoms with van der Waals surface area (Å²) in [6.45, 7) is 8.90. The van der Waals surface area contributed by atoms with Crippen LogP contribution in [0.2, 0.25) is 0 Å². The Balaban J connectivity index is 3.16. The number of unbranched alkanes of at least 4 members (excludes halogenated alkanes) is 4. The molecule has 15 heavy (non-hydrogen) atoms. The van der Waals surface area contributed by atoms with Crippen LogP contribution in [-0.4, -0.2) is 19.1 Å². The normalized spacial score (nSPS) is 15.2. The Morgan fingerprint density at radius 3 is 2.20 bits per heavy atom. The van der Waals surface area contributed by atoms with Gasteiger partial charge in [-0.05, 0) is 38.8 Å². The van der Waals surface area contributed by atoms with Crippen molar-refractivity contribution < 1.29 is 0 Å². The largest absolute Gasteiger partial charge is 0.330 e. The summed E-state index contributed by atoms with van der Waals surface area (Å²) >= 11 is 0. The summed E-state index contributed by atoms with van der Waals surface area (Å²) in [5.41, 5.74) is 5.45. The molecule has 0 saturated heterocycles. The Hall–Kier alpha value is -0.0800. The van der Waals surface area contributed by atoms with Gasteiger partial charge in [0.1, 0.15) is 0 Å². The molecule has 2 heteroatoms. The van der Waals surface area contributed by atoms with Crippen LogP contribution in [0.15, 0.2) is 0 Å². The Morgan fingerprint density at radius 1 is 1.00 bits per heavy atom. The van der Waals surface area contributed by atoms with Gasteiger partial charge in [-0.25, -0.2) is 0 Å². The molecule has 3 N–H and O–H groups in total. The molecule has 0 radical (unpaired) electrons. The molecular weight excluding hydrogens is 184 g/mol. The van der Waals surface area contributed by atoms with Gasteiger partial charge in [-0.3, -0.25) is 0 Å². The molecule has 0 bridgehead atoms. The highest BCUT2D eigenvalue weighted by Gasteiger charge is 2.07. The average Bonchev–Trinajstić information content (AvgIpc) is 2.26. The van der Waals surface area contributed by atoms with Crippen LogP contribution < -0.4 is 11.1 Å². The molecule has 92 valence electrons. The maximum absolute atomic E-state index is 5.45. The van der Waals surface area contributed by atoms with Crippen LogP contribution in [0.1, 0.15) is 59.3 Å². The second-order valence-electron chi connectivity index (χ2n) is 4.68. The van der Waals surface area contributed by atoms with Crippen LogP contribution in [0.3, 0.4) is 0 Å². The lowest BCUT2D eigenvalue weighted by Crippen LogP contribution is -2.32. The van der Waals surface area contributed by atoms with Gasteiger partial charge in [0.25, 0.3) is 0 Å². The summed E-state index contributed by atoms with van der Waals surface area (Å²) < 4.78 is 0. The Morgan fingerprint density at radius 2 is 1.60 bits per heavy atom. The van der Waals surface area contributed by atoms with E-state index in [1.54, 1.807) is 0 Å². The van der Waals surface area contributed by atoms with Crippen molar-refractivity contribution in [3.63, 3.8) is 0 Å². The molecule has 2 atom stereocenters. The van der Waals surface area contributed by atoms with E-state index in [9.17, 15) is 0 Å². The van der Waals surface area contributed by atoms with Crippen LogP contribution in [0, 0.1) is 5.92 Å². The number of rotatable bonds is 10. The predicted octanol–water partition coefficient (Wildman–Crippen LogP) is 2.92. The molecule has 0 aromatic rings. The van der Waals surface area contributed by atoms with E-state index in [1.807, 2.05) is 0 Å². The van der Waals surface area contributed by atoms with Gasteiger partial charge in [0.15, 0.2) is 0 Å². The Bertz CT molecular complexity index is 126. The fourth-order valence-corrected chi connectivity index (χ4v) is 1.68. The Labute approximate surface area is 96.0 Å². The quantitative estimate of drug-likeness (QED) is 0.549. The van der Waals surface area contributed by atoms with E-state index < -0.39 is 0 Å². The first-order valence-corrected chi connectivity index (χ1v) is 6.65. The summed E-state index contributed by atoms with van der Waals surface area (Å²) in [6, 6.07) is 0.666. The van der Waals surface area contributed by atoms with Crippen LogP contribution in [0.25, 0.3) is 0 Å². The third-order valence-corrected chi connectivity index (χ3v) is 3.34. The highest BCUT2D eigenvalue weighted by molar-refractivity contribution is 4.66. The van der Waals surface area contributed by atoms with Gasteiger partial charge in [0.2, 0.25) is 0 Å². The molecule has 0 aliphatic rings. The first-order valence-electron chi connectivity index (χ1n) is 6.65. The molecule has 2 unspecified atom stereocenters. The van der Waals surface area contributed by atoms with Crippen molar-refractivity contribution in [2.75, 3.05) is 13.1 Å². The highest BCUT2D eigenvalue weighted by Crippen LogP contribution is 2.07. The van der Waals surface area contributed by atoms with Crippen molar-refractivity contribution in [3.05, 3.63) is 0 Å². The molecule has 2 nitrogen and oxygen atoms in total. The lowest BCUT2D eigenvalue weighted by atomic mass is 10.0. The maximum Gasteiger partial charge on any atom is 0.00642 e. The summed E-state index contributed by atoms with van der Waals surface area (Å²) in [5, 5.41) is 3.60. The fraction of sp³-hybridized carbons (Fsp3) is 1.00. The number of nitrogens with one attached hydrogen (secondary N) is 1. The molecule has 0 aromatic heterocycles. The van der Waals surface area contributed by atoms with E-state index >= 15 is 0 Å². The van der Waals surface area contributed by atoms with Crippen molar-refractivity contribution in [1.82, 2.24) is 5.32 Å². The summed E-state index contributed by atoms with van der Waals surface area (Å²) in [7, 11) is 0. The summed E-state index contributed by atoms with van der Waals surface area (Å²) in [6.07, 6.45) is 7.76. The summed E-state index contributed by atoms with van der Waals surface area (Å²) in [4.78, 5) is 0. The minimum Gasteiger partial charge on any atom is -0.330 e. The molecule has 0 aromatic carbocycles. The van der Waals surface area contributed by atoms with Gasteiger partial charge in [0.05, 0.1) is 0 Å². The smallest absolute Gasteiger partial charge is 0.00642 e. The van der Waals surface area contributed by atoms with Crippen LogP contribution in [-0.2, 0) is 0 Å². The monoisotopic (exact) mass is 214 g/mol. The molecular formula is C13H30N2. The predicted molar refractivity (Wildman–Crippen MR) is 69.1 cm³/mol. The highest BCUT2D eigenvalue weighted by atomic mass is 14.9. The van der Waals surface area contributed by atoms with Crippen LogP contribution in [0.5, 0.6) is 0 Å². The minimum absolute atomic E-state index is 0.666. The van der Waals surface area contributed by atoms with E-state index in [0.717, 1.165) is 12.5 Å². The third kappa shape index (κ3) is 8.88. The van der Waals surface area contributed by atoms with Crippen LogP contribution >= 0.6 is 0 Å². The number of hydrogen-bond donors (Lipinski definition) is 2. The zero-order valence-corrected chi connectivity index (χ0v) is 10.9. The fourth-order valence-electron chi connectivity index (χ4n) is 1.68. The van der Waals surface area contributed by atoms with Gasteiger partial charge in [-0.1, -0.05) is 39.5 Å². The van der Waals surface area contributed by atoms with Gasteiger partial charge < -0.3 is 11.1 Å². The topological polar surface area (TPSA) is 38.0 Å². The second-order valence-corrected chi connectivity index (χ2v) is 4.68. The lowest BCUT2D eigenvalue weighted by Gasteiger charge is -2.19. The lowest BCUT2D eigenvalue weighted by molar-refractivity contribution is 0.386. The molecule has 0 aliphatic carbocycles. The van der Waals surface area contributed by atoms with Crippen molar-refractivity contribution in [3.8, 4) is 0 Å². The molecule has 0 amide bonds. The minimum atomic E-state index is 0.666. The molecule has 0 spiro atoms. The van der Waals surface area contributed by atoms with Crippen molar-refractivity contribution in [2.45, 2.75) is 65.3 Å². The molecule has 0 aliphatic heterocycles. The average molecular weight is 214 g/mol. The van der Waals surface area contributed by atoms with Crippen molar-refractivity contribution in [1.29, 1.82) is 0 Å². The molecule has 0 rings (SSSR count). The van der Waals surface area contributed by atoms with Gasteiger partial charge in [-0.2, -0.15) is 0 Å². The van der Waals surface area contributed by atoms with E-state index in [4.69, 9.17) is 5.73 Å².